The zero-order valence-corrected chi connectivity index (χ0v) is 34.9. The molecule has 18 heteroatoms. The lowest BCUT2D eigenvalue weighted by Gasteiger charge is -2.29. The topological polar surface area (TPSA) is 267 Å². The van der Waals surface area contributed by atoms with Gasteiger partial charge in [-0.25, -0.2) is 0 Å². The van der Waals surface area contributed by atoms with Crippen LogP contribution in [0.3, 0.4) is 0 Å². The molecule has 0 aromatic carbocycles. The summed E-state index contributed by atoms with van der Waals surface area (Å²) in [7, 11) is 0. The first-order valence-electron chi connectivity index (χ1n) is 19.9. The van der Waals surface area contributed by atoms with Crippen LogP contribution in [0.2, 0.25) is 0 Å². The minimum atomic E-state index is -1.12. The third-order valence-electron chi connectivity index (χ3n) is 10.0. The molecule has 1 aliphatic carbocycles. The largest absolute Gasteiger partial charge is 0.378 e. The number of imide groups is 1. The second kappa shape index (κ2) is 24.7. The highest BCUT2D eigenvalue weighted by molar-refractivity contribution is 8.00. The maximum atomic E-state index is 13.0. The molecule has 1 saturated carbocycles. The van der Waals surface area contributed by atoms with Crippen molar-refractivity contribution >= 4 is 52.9 Å². The fraction of sp³-hybridized carbons (Fsp3) is 0.816. The van der Waals surface area contributed by atoms with Crippen LogP contribution in [0.15, 0.2) is 0 Å². The average Bonchev–Trinajstić information content (AvgIpc) is 3.39. The lowest BCUT2D eigenvalue weighted by Crippen LogP contribution is -2.55. The van der Waals surface area contributed by atoms with Crippen LogP contribution >= 0.6 is 11.8 Å². The van der Waals surface area contributed by atoms with E-state index in [2.05, 4.69) is 21.3 Å². The molecule has 2 rings (SSSR count). The van der Waals surface area contributed by atoms with Crippen molar-refractivity contribution in [3.05, 3.63) is 0 Å². The monoisotopic (exact) mass is 812 g/mol. The molecule has 2 aliphatic rings. The quantitative estimate of drug-likeness (QED) is 0.0295. The smallest absolute Gasteiger partial charge is 0.242 e. The Labute approximate surface area is 336 Å². The van der Waals surface area contributed by atoms with E-state index in [9.17, 15) is 33.6 Å². The molecule has 0 aromatic heterocycles. The van der Waals surface area contributed by atoms with Crippen LogP contribution in [0, 0.1) is 11.8 Å². The number of nitrogens with two attached hydrogens (primary N) is 3. The SMILES string of the molecule is CC(=O)C1CCC(CN2C(=O)CC(SCC(N)C(=O)NCCCCC(NC(C)(C)C(=O)CCC(=O)NCCOCCOCCNC(C)(C)N)C(N)=O)C2=O)CC1. The van der Waals surface area contributed by atoms with Gasteiger partial charge in [-0.15, -0.1) is 11.8 Å². The summed E-state index contributed by atoms with van der Waals surface area (Å²) in [6.45, 7) is 11.8. The molecule has 0 radical (unpaired) electrons. The number of nitrogens with zero attached hydrogens (tertiary/aromatic N) is 1. The van der Waals surface area contributed by atoms with Gasteiger partial charge in [0.05, 0.1) is 55.0 Å². The van der Waals surface area contributed by atoms with Crippen LogP contribution < -0.4 is 38.5 Å². The third-order valence-corrected chi connectivity index (χ3v) is 11.3. The second-order valence-electron chi connectivity index (χ2n) is 16.0. The average molecular weight is 813 g/mol. The first-order valence-corrected chi connectivity index (χ1v) is 20.9. The zero-order valence-electron chi connectivity index (χ0n) is 34.1. The van der Waals surface area contributed by atoms with Gasteiger partial charge in [0.15, 0.2) is 5.78 Å². The number of Topliss-reactive ketones (excluding diaryl/α,β-unsaturated/α-hetero) is 2. The van der Waals surface area contributed by atoms with Crippen molar-refractivity contribution in [3.8, 4) is 0 Å². The summed E-state index contributed by atoms with van der Waals surface area (Å²) < 4.78 is 10.9. The Kier molecular flexibility index (Phi) is 21.7. The summed E-state index contributed by atoms with van der Waals surface area (Å²) in [5.41, 5.74) is 16.0. The molecule has 0 spiro atoms. The van der Waals surface area contributed by atoms with Gasteiger partial charge < -0.3 is 37.3 Å². The van der Waals surface area contributed by atoms with Gasteiger partial charge in [0.2, 0.25) is 29.5 Å². The van der Waals surface area contributed by atoms with E-state index in [4.69, 9.17) is 26.7 Å². The van der Waals surface area contributed by atoms with Gasteiger partial charge in [0.1, 0.15) is 5.78 Å². The number of amides is 5. The molecule has 1 heterocycles. The fourth-order valence-electron chi connectivity index (χ4n) is 6.56. The zero-order chi connectivity index (χ0) is 41.9. The van der Waals surface area contributed by atoms with Gasteiger partial charge in [-0.05, 0) is 85.5 Å². The van der Waals surface area contributed by atoms with Crippen LogP contribution in [0.25, 0.3) is 0 Å². The maximum absolute atomic E-state index is 13.0. The summed E-state index contributed by atoms with van der Waals surface area (Å²) in [5.74, 6) is -1.37. The van der Waals surface area contributed by atoms with Crippen LogP contribution in [0.5, 0.6) is 0 Å². The number of thioether (sulfide) groups is 1. The molecule has 5 amide bonds. The van der Waals surface area contributed by atoms with Crippen molar-refractivity contribution in [1.82, 2.24) is 26.2 Å². The van der Waals surface area contributed by atoms with Gasteiger partial charge in [0, 0.05) is 57.1 Å². The number of ketones is 2. The van der Waals surface area contributed by atoms with E-state index in [1.807, 2.05) is 13.8 Å². The fourth-order valence-corrected chi connectivity index (χ4v) is 7.68. The van der Waals surface area contributed by atoms with Crippen molar-refractivity contribution < 1.29 is 43.0 Å². The van der Waals surface area contributed by atoms with Crippen LogP contribution in [-0.4, -0.2) is 133 Å². The number of unbranched alkanes of at least 4 members (excludes halogenated alkanes) is 1. The van der Waals surface area contributed by atoms with Crippen molar-refractivity contribution in [1.29, 1.82) is 0 Å². The molecule has 1 saturated heterocycles. The van der Waals surface area contributed by atoms with E-state index in [0.717, 1.165) is 25.7 Å². The Balaban J connectivity index is 1.59. The Morgan fingerprint density at radius 1 is 0.893 bits per heavy atom. The Hall–Kier alpha value is -3.00. The predicted octanol–water partition coefficient (Wildman–Crippen LogP) is -0.138. The molecule has 17 nitrogen and oxygen atoms in total. The van der Waals surface area contributed by atoms with Gasteiger partial charge in [0.25, 0.3) is 0 Å². The minimum absolute atomic E-state index is 0.0164. The predicted molar refractivity (Wildman–Crippen MR) is 214 cm³/mol. The summed E-state index contributed by atoms with van der Waals surface area (Å²) in [6.07, 6.45) is 4.59. The van der Waals surface area contributed by atoms with Gasteiger partial charge in [-0.1, -0.05) is 0 Å². The molecular formula is C38H68N8O9S. The Bertz CT molecular complexity index is 1320. The van der Waals surface area contributed by atoms with E-state index >= 15 is 0 Å². The second-order valence-corrected chi connectivity index (χ2v) is 17.2. The minimum Gasteiger partial charge on any atom is -0.378 e. The molecule has 320 valence electrons. The van der Waals surface area contributed by atoms with E-state index in [-0.39, 0.29) is 72.0 Å². The van der Waals surface area contributed by atoms with Crippen LogP contribution in [-0.2, 0) is 43.0 Å². The Morgan fingerprint density at radius 2 is 1.54 bits per heavy atom. The third kappa shape index (κ3) is 19.0. The Morgan fingerprint density at radius 3 is 2.14 bits per heavy atom. The number of hydrogen-bond donors (Lipinski definition) is 7. The number of primary amides is 1. The van der Waals surface area contributed by atoms with Gasteiger partial charge in [-0.2, -0.15) is 0 Å². The van der Waals surface area contributed by atoms with Crippen molar-refractivity contribution in [2.75, 3.05) is 58.4 Å². The van der Waals surface area contributed by atoms with Crippen molar-refractivity contribution in [3.63, 3.8) is 0 Å². The summed E-state index contributed by atoms with van der Waals surface area (Å²) >= 11 is 1.21. The first kappa shape index (κ1) is 49.1. The number of ether oxygens (including phenoxy) is 2. The number of hydrogen-bond acceptors (Lipinski definition) is 14. The molecule has 2 fully saturated rings. The lowest BCUT2D eigenvalue weighted by atomic mass is 9.80. The number of likely N-dealkylation sites (tertiary alicyclic amines) is 1. The van der Waals surface area contributed by atoms with Crippen LogP contribution in [0.1, 0.15) is 98.8 Å². The normalized spacial score (nSPS) is 20.1. The lowest BCUT2D eigenvalue weighted by molar-refractivity contribution is -0.139. The highest BCUT2D eigenvalue weighted by atomic mass is 32.2. The molecule has 3 unspecified atom stereocenters. The molecule has 3 atom stereocenters. The number of carbonyl (C=O) groups is 7. The highest BCUT2D eigenvalue weighted by Gasteiger charge is 2.41. The summed E-state index contributed by atoms with van der Waals surface area (Å²) in [6, 6.07) is -1.68. The van der Waals surface area contributed by atoms with Gasteiger partial charge in [-0.3, -0.25) is 49.1 Å². The van der Waals surface area contributed by atoms with Crippen molar-refractivity contribution in [2.45, 2.75) is 127 Å². The van der Waals surface area contributed by atoms with E-state index in [1.165, 1.54) is 16.7 Å². The van der Waals surface area contributed by atoms with E-state index < -0.39 is 34.4 Å². The number of nitrogens with one attached hydrogen (secondary N) is 4. The summed E-state index contributed by atoms with van der Waals surface area (Å²) in [4.78, 5) is 88.7. The van der Waals surface area contributed by atoms with Gasteiger partial charge >= 0.3 is 0 Å². The maximum Gasteiger partial charge on any atom is 0.242 e. The molecule has 56 heavy (non-hydrogen) atoms. The van der Waals surface area contributed by atoms with E-state index in [0.29, 0.717) is 71.9 Å². The van der Waals surface area contributed by atoms with Crippen LogP contribution in [0.4, 0.5) is 0 Å². The standard InChI is InChI=1S/C38H68N8O9S/c1-25(47)27-11-9-26(10-12-27)23-46-33(50)22-30(36(46)53)56-24-28(39)35(52)43-15-7-6-8-29(34(40)51)45-37(2,3)31(48)13-14-32(49)42-16-18-54-20-21-55-19-17-44-38(4,5)41/h26-30,44-45H,6-24,39,41H2,1-5H3,(H2,40,51)(H,42,49)(H,43,52). The molecule has 1 aliphatic heterocycles. The number of rotatable bonds is 29. The van der Waals surface area contributed by atoms with Crippen molar-refractivity contribution in [2.24, 2.45) is 29.0 Å². The molecule has 0 aromatic rings. The molecule has 10 N–H and O–H groups in total. The highest BCUT2D eigenvalue weighted by Crippen LogP contribution is 2.32. The molecular weight excluding hydrogens is 745 g/mol. The summed E-state index contributed by atoms with van der Waals surface area (Å²) in [5, 5.41) is 11.1. The van der Waals surface area contributed by atoms with E-state index in [1.54, 1.807) is 20.8 Å². The molecule has 0 bridgehead atoms. The number of carbonyl (C=O) groups excluding carboxylic acids is 7. The first-order chi connectivity index (χ1) is 26.3.